The van der Waals surface area contributed by atoms with Gasteiger partial charge in [-0.15, -0.1) is 11.3 Å². The second kappa shape index (κ2) is 10.2. The zero-order valence-electron chi connectivity index (χ0n) is 17.9. The third-order valence-electron chi connectivity index (χ3n) is 5.69. The maximum atomic E-state index is 13.0. The molecule has 5 nitrogen and oxygen atoms in total. The predicted octanol–water partition coefficient (Wildman–Crippen LogP) is 3.92. The highest BCUT2D eigenvalue weighted by molar-refractivity contribution is 7.21. The molecule has 2 aromatic rings. The van der Waals surface area contributed by atoms with Crippen molar-refractivity contribution in [3.05, 3.63) is 34.7 Å². The molecule has 1 atom stereocenters. The van der Waals surface area contributed by atoms with Crippen molar-refractivity contribution in [2.45, 2.75) is 51.5 Å². The van der Waals surface area contributed by atoms with Gasteiger partial charge in [-0.25, -0.2) is 0 Å². The summed E-state index contributed by atoms with van der Waals surface area (Å²) in [6, 6.07) is 8.43. The van der Waals surface area contributed by atoms with Gasteiger partial charge < -0.3 is 15.1 Å². The maximum absolute atomic E-state index is 13.0. The first-order chi connectivity index (χ1) is 14.0. The van der Waals surface area contributed by atoms with Gasteiger partial charge in [-0.1, -0.05) is 38.0 Å². The van der Waals surface area contributed by atoms with Crippen LogP contribution in [-0.2, 0) is 11.2 Å². The number of carbonyl (C=O) groups is 2. The van der Waals surface area contributed by atoms with E-state index in [9.17, 15) is 9.59 Å². The molecule has 1 aromatic heterocycles. The molecule has 2 amide bonds. The van der Waals surface area contributed by atoms with Crippen LogP contribution in [0.25, 0.3) is 10.1 Å². The monoisotopic (exact) mass is 415 g/mol. The van der Waals surface area contributed by atoms with E-state index in [0.29, 0.717) is 13.0 Å². The molecular formula is C23H33N3O2S. The number of carbonyl (C=O) groups excluding carboxylic acids is 2. The van der Waals surface area contributed by atoms with E-state index in [2.05, 4.69) is 27.2 Å². The van der Waals surface area contributed by atoms with Gasteiger partial charge in [0.05, 0.1) is 4.88 Å². The van der Waals surface area contributed by atoms with E-state index in [1.54, 1.807) is 11.3 Å². The third kappa shape index (κ3) is 5.37. The lowest BCUT2D eigenvalue weighted by molar-refractivity contribution is -0.133. The molecule has 0 bridgehead atoms. The zero-order chi connectivity index (χ0) is 20.8. The van der Waals surface area contributed by atoms with E-state index in [4.69, 9.17) is 0 Å². The molecule has 3 rings (SSSR count). The summed E-state index contributed by atoms with van der Waals surface area (Å²) in [5, 5.41) is 4.23. The second-order valence-corrected chi connectivity index (χ2v) is 9.17. The SMILES string of the molecule is CCC(=O)N1CCCCCC1Cc1c(C(=O)NCCN(C)C)sc2ccccc12. The normalized spacial score (nSPS) is 17.5. The molecule has 29 heavy (non-hydrogen) atoms. The third-order valence-corrected chi connectivity index (χ3v) is 6.90. The maximum Gasteiger partial charge on any atom is 0.261 e. The van der Waals surface area contributed by atoms with Crippen LogP contribution in [0.4, 0.5) is 0 Å². The number of hydrogen-bond acceptors (Lipinski definition) is 4. The molecule has 0 spiro atoms. The van der Waals surface area contributed by atoms with Crippen LogP contribution in [0.1, 0.15) is 54.3 Å². The molecule has 1 aliphatic rings. The number of amides is 2. The average Bonchev–Trinajstić information content (AvgIpc) is 2.90. The molecule has 0 saturated carbocycles. The minimum Gasteiger partial charge on any atom is -0.350 e. The Hall–Kier alpha value is -1.92. The molecule has 2 heterocycles. The van der Waals surface area contributed by atoms with Crippen LogP contribution in [0, 0.1) is 0 Å². The summed E-state index contributed by atoms with van der Waals surface area (Å²) < 4.78 is 1.14. The smallest absolute Gasteiger partial charge is 0.261 e. The van der Waals surface area contributed by atoms with Crippen LogP contribution in [-0.4, -0.2) is 61.4 Å². The number of fused-ring (bicyclic) bond motifs is 1. The van der Waals surface area contributed by atoms with Crippen LogP contribution in [0.2, 0.25) is 0 Å². The Kier molecular flexibility index (Phi) is 7.67. The van der Waals surface area contributed by atoms with Gasteiger partial charge in [-0.3, -0.25) is 9.59 Å². The van der Waals surface area contributed by atoms with E-state index >= 15 is 0 Å². The molecule has 1 N–H and O–H groups in total. The Balaban J connectivity index is 1.90. The van der Waals surface area contributed by atoms with Crippen LogP contribution in [0.3, 0.4) is 0 Å². The second-order valence-electron chi connectivity index (χ2n) is 8.11. The Labute approximate surface area is 178 Å². The van der Waals surface area contributed by atoms with Crippen molar-refractivity contribution in [1.29, 1.82) is 0 Å². The molecule has 0 radical (unpaired) electrons. The lowest BCUT2D eigenvalue weighted by atomic mass is 9.97. The molecule has 1 aromatic carbocycles. The fraction of sp³-hybridized carbons (Fsp3) is 0.565. The molecule has 1 aliphatic heterocycles. The van der Waals surface area contributed by atoms with E-state index in [0.717, 1.165) is 59.3 Å². The summed E-state index contributed by atoms with van der Waals surface area (Å²) in [7, 11) is 4.00. The van der Waals surface area contributed by atoms with E-state index < -0.39 is 0 Å². The Morgan fingerprint density at radius 1 is 1.21 bits per heavy atom. The number of benzene rings is 1. The van der Waals surface area contributed by atoms with Gasteiger partial charge in [-0.2, -0.15) is 0 Å². The van der Waals surface area contributed by atoms with Crippen molar-refractivity contribution in [1.82, 2.24) is 15.1 Å². The van der Waals surface area contributed by atoms with E-state index in [1.165, 1.54) is 6.42 Å². The number of thiophene rings is 1. The van der Waals surface area contributed by atoms with Crippen molar-refractivity contribution in [3.63, 3.8) is 0 Å². The lowest BCUT2D eigenvalue weighted by Gasteiger charge is -2.30. The fourth-order valence-corrected chi connectivity index (χ4v) is 5.26. The Morgan fingerprint density at radius 3 is 2.76 bits per heavy atom. The van der Waals surface area contributed by atoms with E-state index in [-0.39, 0.29) is 17.9 Å². The summed E-state index contributed by atoms with van der Waals surface area (Å²) in [6.07, 6.45) is 5.70. The number of likely N-dealkylation sites (tertiary alicyclic amines) is 1. The molecule has 1 saturated heterocycles. The minimum atomic E-state index is 0.00467. The van der Waals surface area contributed by atoms with Gasteiger partial charge in [0, 0.05) is 36.8 Å². The van der Waals surface area contributed by atoms with Gasteiger partial charge in [0.15, 0.2) is 0 Å². The van der Waals surface area contributed by atoms with Crippen LogP contribution in [0.5, 0.6) is 0 Å². The molecule has 0 aliphatic carbocycles. The van der Waals surface area contributed by atoms with Gasteiger partial charge in [-0.05, 0) is 50.4 Å². The quantitative estimate of drug-likeness (QED) is 0.746. The first-order valence-corrected chi connectivity index (χ1v) is 11.6. The predicted molar refractivity (Wildman–Crippen MR) is 121 cm³/mol. The molecule has 6 heteroatoms. The topological polar surface area (TPSA) is 52.7 Å². The van der Waals surface area contributed by atoms with Gasteiger partial charge in [0.2, 0.25) is 5.91 Å². The summed E-state index contributed by atoms with van der Waals surface area (Å²) in [4.78, 5) is 30.5. The summed E-state index contributed by atoms with van der Waals surface area (Å²) >= 11 is 1.57. The van der Waals surface area contributed by atoms with Crippen molar-refractivity contribution < 1.29 is 9.59 Å². The molecule has 1 fully saturated rings. The summed E-state index contributed by atoms with van der Waals surface area (Å²) in [5.74, 6) is 0.235. The first-order valence-electron chi connectivity index (χ1n) is 10.7. The summed E-state index contributed by atoms with van der Waals surface area (Å²) in [6.45, 7) is 4.22. The Bertz CT molecular complexity index is 846. The van der Waals surface area contributed by atoms with Crippen LogP contribution in [0.15, 0.2) is 24.3 Å². The van der Waals surface area contributed by atoms with Crippen molar-refractivity contribution in [2.75, 3.05) is 33.7 Å². The van der Waals surface area contributed by atoms with Crippen LogP contribution >= 0.6 is 11.3 Å². The van der Waals surface area contributed by atoms with Crippen LogP contribution < -0.4 is 5.32 Å². The highest BCUT2D eigenvalue weighted by Crippen LogP contribution is 2.34. The Morgan fingerprint density at radius 2 is 2.00 bits per heavy atom. The molecule has 1 unspecified atom stereocenters. The fourth-order valence-electron chi connectivity index (χ4n) is 4.11. The largest absolute Gasteiger partial charge is 0.350 e. The number of likely N-dealkylation sites (N-methyl/N-ethyl adjacent to an activating group) is 1. The molecule has 158 valence electrons. The zero-order valence-corrected chi connectivity index (χ0v) is 18.7. The number of nitrogens with zero attached hydrogens (tertiary/aromatic N) is 2. The summed E-state index contributed by atoms with van der Waals surface area (Å²) in [5.41, 5.74) is 1.11. The highest BCUT2D eigenvalue weighted by atomic mass is 32.1. The van der Waals surface area contributed by atoms with Gasteiger partial charge in [0.25, 0.3) is 5.91 Å². The minimum absolute atomic E-state index is 0.00467. The van der Waals surface area contributed by atoms with E-state index in [1.807, 2.05) is 33.2 Å². The number of hydrogen-bond donors (Lipinski definition) is 1. The standard InChI is InChI=1S/C23H33N3O2S/c1-4-21(27)26-14-9-5-6-10-17(26)16-19-18-11-7-8-12-20(18)29-22(19)23(28)24-13-15-25(2)3/h7-8,11-12,17H,4-6,9-10,13-16H2,1-3H3,(H,24,28). The first kappa shape index (κ1) is 21.8. The van der Waals surface area contributed by atoms with Crippen molar-refractivity contribution in [3.8, 4) is 0 Å². The lowest BCUT2D eigenvalue weighted by Crippen LogP contribution is -2.41. The average molecular weight is 416 g/mol. The van der Waals surface area contributed by atoms with Crippen molar-refractivity contribution in [2.24, 2.45) is 0 Å². The number of rotatable bonds is 7. The van der Waals surface area contributed by atoms with Crippen molar-refractivity contribution >= 4 is 33.2 Å². The highest BCUT2D eigenvalue weighted by Gasteiger charge is 2.28. The number of nitrogens with one attached hydrogen (secondary N) is 1. The van der Waals surface area contributed by atoms with Gasteiger partial charge in [0.1, 0.15) is 0 Å². The molecular weight excluding hydrogens is 382 g/mol. The van der Waals surface area contributed by atoms with Gasteiger partial charge >= 0.3 is 0 Å².